The topological polar surface area (TPSA) is 95.1 Å². The first-order valence-electron chi connectivity index (χ1n) is 7.91. The number of amides is 1. The van der Waals surface area contributed by atoms with Gasteiger partial charge in [0.2, 0.25) is 0 Å². The number of aromatic nitrogens is 3. The summed E-state index contributed by atoms with van der Waals surface area (Å²) >= 11 is 0. The first-order valence-corrected chi connectivity index (χ1v) is 7.91. The summed E-state index contributed by atoms with van der Waals surface area (Å²) in [7, 11) is 0. The molecule has 1 heterocycles. The minimum absolute atomic E-state index is 0.0628. The Morgan fingerprint density at radius 3 is 2.80 bits per heavy atom. The van der Waals surface area contributed by atoms with Gasteiger partial charge in [0.1, 0.15) is 5.75 Å². The summed E-state index contributed by atoms with van der Waals surface area (Å²) < 4.78 is 6.95. The van der Waals surface area contributed by atoms with E-state index in [9.17, 15) is 4.79 Å². The van der Waals surface area contributed by atoms with Crippen LogP contribution in [0.3, 0.4) is 0 Å². The third-order valence-corrected chi connectivity index (χ3v) is 3.60. The number of ether oxygens (including phenoxy) is 1. The summed E-state index contributed by atoms with van der Waals surface area (Å²) in [5.41, 5.74) is 8.51. The number of nitrogens with one attached hydrogen (secondary N) is 1. The Hall–Kier alpha value is -3.35. The van der Waals surface area contributed by atoms with Gasteiger partial charge in [0, 0.05) is 0 Å². The van der Waals surface area contributed by atoms with Crippen molar-refractivity contribution in [2.75, 3.05) is 17.7 Å². The van der Waals surface area contributed by atoms with Crippen molar-refractivity contribution < 1.29 is 9.53 Å². The predicted molar refractivity (Wildman–Crippen MR) is 96.1 cm³/mol. The molecule has 0 aliphatic carbocycles. The second kappa shape index (κ2) is 7.04. The third-order valence-electron chi connectivity index (χ3n) is 3.60. The van der Waals surface area contributed by atoms with Gasteiger partial charge in [0.15, 0.2) is 11.5 Å². The van der Waals surface area contributed by atoms with Gasteiger partial charge in [-0.15, -0.1) is 5.10 Å². The molecule has 7 heteroatoms. The zero-order valence-corrected chi connectivity index (χ0v) is 14.1. The summed E-state index contributed by atoms with van der Waals surface area (Å²) in [6.07, 6.45) is 0. The Morgan fingerprint density at radius 1 is 1.24 bits per heavy atom. The van der Waals surface area contributed by atoms with Crippen LogP contribution in [-0.4, -0.2) is 27.5 Å². The largest absolute Gasteiger partial charge is 0.492 e. The molecule has 7 nitrogen and oxygen atoms in total. The molecule has 3 aromatic rings. The Balaban J connectivity index is 1.87. The lowest BCUT2D eigenvalue weighted by molar-refractivity contribution is 0.102. The van der Waals surface area contributed by atoms with Crippen LogP contribution in [0.5, 0.6) is 5.75 Å². The van der Waals surface area contributed by atoms with Crippen LogP contribution in [0.1, 0.15) is 23.0 Å². The van der Waals surface area contributed by atoms with Crippen molar-refractivity contribution in [2.24, 2.45) is 0 Å². The molecular formula is C18H19N5O2. The van der Waals surface area contributed by atoms with Crippen molar-refractivity contribution in [3.63, 3.8) is 0 Å². The molecule has 0 bridgehead atoms. The Kier molecular flexibility index (Phi) is 4.65. The van der Waals surface area contributed by atoms with Crippen LogP contribution in [-0.2, 0) is 0 Å². The molecule has 0 aliphatic rings. The van der Waals surface area contributed by atoms with Crippen LogP contribution in [0.25, 0.3) is 5.69 Å². The molecule has 1 amide bonds. The van der Waals surface area contributed by atoms with E-state index in [1.54, 1.807) is 12.1 Å². The fraction of sp³-hybridized carbons (Fsp3) is 0.167. The summed E-state index contributed by atoms with van der Waals surface area (Å²) in [6, 6.07) is 14.8. The van der Waals surface area contributed by atoms with E-state index >= 15 is 0 Å². The zero-order valence-electron chi connectivity index (χ0n) is 14.1. The average molecular weight is 337 g/mol. The van der Waals surface area contributed by atoms with E-state index in [1.807, 2.05) is 50.2 Å². The van der Waals surface area contributed by atoms with Gasteiger partial charge in [-0.05, 0) is 43.7 Å². The zero-order chi connectivity index (χ0) is 17.8. The normalized spacial score (nSPS) is 10.5. The van der Waals surface area contributed by atoms with Crippen molar-refractivity contribution in [3.05, 3.63) is 59.8 Å². The molecule has 1 aromatic heterocycles. The molecule has 25 heavy (non-hydrogen) atoms. The van der Waals surface area contributed by atoms with Gasteiger partial charge < -0.3 is 15.8 Å². The van der Waals surface area contributed by atoms with E-state index in [2.05, 4.69) is 15.6 Å². The van der Waals surface area contributed by atoms with E-state index < -0.39 is 5.91 Å². The second-order valence-electron chi connectivity index (χ2n) is 5.46. The maximum absolute atomic E-state index is 12.5. The lowest BCUT2D eigenvalue weighted by Crippen LogP contribution is -2.15. The van der Waals surface area contributed by atoms with Crippen molar-refractivity contribution in [3.8, 4) is 11.4 Å². The van der Waals surface area contributed by atoms with Crippen LogP contribution >= 0.6 is 0 Å². The van der Waals surface area contributed by atoms with E-state index in [0.717, 1.165) is 11.3 Å². The summed E-state index contributed by atoms with van der Waals surface area (Å²) in [4.78, 5) is 12.5. The molecular weight excluding hydrogens is 318 g/mol. The minimum atomic E-state index is -0.441. The SMILES string of the molecule is CCOc1ccccc1NC(=O)c1nnn(-c2cccc(C)c2)c1N. The lowest BCUT2D eigenvalue weighted by Gasteiger charge is -2.10. The molecule has 0 saturated carbocycles. The van der Waals surface area contributed by atoms with Gasteiger partial charge in [0.05, 0.1) is 18.0 Å². The maximum Gasteiger partial charge on any atom is 0.280 e. The number of anilines is 2. The molecule has 0 saturated heterocycles. The number of nitrogen functional groups attached to an aromatic ring is 1. The van der Waals surface area contributed by atoms with Gasteiger partial charge in [0.25, 0.3) is 5.91 Å². The number of para-hydroxylation sites is 2. The molecule has 128 valence electrons. The summed E-state index contributed by atoms with van der Waals surface area (Å²) in [6.45, 7) is 4.34. The highest BCUT2D eigenvalue weighted by Gasteiger charge is 2.19. The standard InChI is InChI=1S/C18H19N5O2/c1-3-25-15-10-5-4-9-14(15)20-18(24)16-17(19)23(22-21-16)13-8-6-7-12(2)11-13/h4-11H,3,19H2,1-2H3,(H,20,24). The van der Waals surface area contributed by atoms with Crippen molar-refractivity contribution in [2.45, 2.75) is 13.8 Å². The van der Waals surface area contributed by atoms with Crippen LogP contribution in [0.4, 0.5) is 11.5 Å². The highest BCUT2D eigenvalue weighted by atomic mass is 16.5. The highest BCUT2D eigenvalue weighted by Crippen LogP contribution is 2.25. The van der Waals surface area contributed by atoms with Crippen LogP contribution in [0.2, 0.25) is 0 Å². The molecule has 3 N–H and O–H groups in total. The molecule has 0 aliphatic heterocycles. The summed E-state index contributed by atoms with van der Waals surface area (Å²) in [5, 5.41) is 10.7. The van der Waals surface area contributed by atoms with Crippen molar-refractivity contribution in [1.82, 2.24) is 15.0 Å². The second-order valence-corrected chi connectivity index (χ2v) is 5.46. The minimum Gasteiger partial charge on any atom is -0.492 e. The summed E-state index contributed by atoms with van der Waals surface area (Å²) in [5.74, 6) is 0.323. The number of carbonyl (C=O) groups excluding carboxylic acids is 1. The van der Waals surface area contributed by atoms with Crippen LogP contribution in [0.15, 0.2) is 48.5 Å². The van der Waals surface area contributed by atoms with E-state index in [1.165, 1.54) is 4.68 Å². The Morgan fingerprint density at radius 2 is 2.04 bits per heavy atom. The maximum atomic E-state index is 12.5. The molecule has 0 radical (unpaired) electrons. The fourth-order valence-electron chi connectivity index (χ4n) is 2.43. The van der Waals surface area contributed by atoms with Gasteiger partial charge in [-0.3, -0.25) is 4.79 Å². The predicted octanol–water partition coefficient (Wildman–Crippen LogP) is 2.81. The van der Waals surface area contributed by atoms with Gasteiger partial charge >= 0.3 is 0 Å². The number of nitrogens with zero attached hydrogens (tertiary/aromatic N) is 3. The number of nitrogens with two attached hydrogens (primary N) is 1. The number of benzene rings is 2. The number of rotatable bonds is 5. The van der Waals surface area contributed by atoms with E-state index in [-0.39, 0.29) is 11.5 Å². The molecule has 0 atom stereocenters. The van der Waals surface area contributed by atoms with Gasteiger partial charge in [-0.1, -0.05) is 29.5 Å². The molecule has 0 unspecified atom stereocenters. The monoisotopic (exact) mass is 337 g/mol. The molecule has 2 aromatic carbocycles. The number of hydrogen-bond donors (Lipinski definition) is 2. The third kappa shape index (κ3) is 3.45. The molecule has 0 spiro atoms. The van der Waals surface area contributed by atoms with Crippen LogP contribution in [0, 0.1) is 6.92 Å². The number of carbonyl (C=O) groups is 1. The highest BCUT2D eigenvalue weighted by molar-refractivity contribution is 6.06. The van der Waals surface area contributed by atoms with E-state index in [4.69, 9.17) is 10.5 Å². The Bertz CT molecular complexity index is 904. The van der Waals surface area contributed by atoms with Gasteiger partial charge in [-0.25, -0.2) is 0 Å². The van der Waals surface area contributed by atoms with Crippen molar-refractivity contribution >= 4 is 17.4 Å². The molecule has 0 fully saturated rings. The number of hydrogen-bond acceptors (Lipinski definition) is 5. The first-order chi connectivity index (χ1) is 12.1. The Labute approximate surface area is 145 Å². The molecule has 3 rings (SSSR count). The van der Waals surface area contributed by atoms with Gasteiger partial charge in [-0.2, -0.15) is 4.68 Å². The number of aryl methyl sites for hydroxylation is 1. The van der Waals surface area contributed by atoms with E-state index in [0.29, 0.717) is 18.0 Å². The smallest absolute Gasteiger partial charge is 0.280 e. The van der Waals surface area contributed by atoms with Crippen molar-refractivity contribution in [1.29, 1.82) is 0 Å². The lowest BCUT2D eigenvalue weighted by atomic mass is 10.2. The van der Waals surface area contributed by atoms with Crippen LogP contribution < -0.4 is 15.8 Å². The average Bonchev–Trinajstić information content (AvgIpc) is 2.98. The fourth-order valence-corrected chi connectivity index (χ4v) is 2.43. The quantitative estimate of drug-likeness (QED) is 0.746. The first kappa shape index (κ1) is 16.5.